The highest BCUT2D eigenvalue weighted by Crippen LogP contribution is 2.35. The second kappa shape index (κ2) is 8.45. The zero-order valence-corrected chi connectivity index (χ0v) is 15.8. The van der Waals surface area contributed by atoms with Gasteiger partial charge >= 0.3 is 12.1 Å². The number of rotatable bonds is 7. The number of ether oxygens (including phenoxy) is 2. The fraction of sp³-hybridized carbons (Fsp3) is 0.474. The van der Waals surface area contributed by atoms with Gasteiger partial charge in [0.05, 0.1) is 19.4 Å². The van der Waals surface area contributed by atoms with Crippen LogP contribution in [-0.4, -0.2) is 35.6 Å². The summed E-state index contributed by atoms with van der Waals surface area (Å²) in [6, 6.07) is 4.94. The Hall–Kier alpha value is -2.51. The number of hydrogen-bond donors (Lipinski definition) is 0. The Labute approximate surface area is 156 Å². The minimum Gasteiger partial charge on any atom is -0.496 e. The van der Waals surface area contributed by atoms with Crippen LogP contribution in [0.1, 0.15) is 41.9 Å². The van der Waals surface area contributed by atoms with Gasteiger partial charge in [0.15, 0.2) is 5.69 Å². The van der Waals surface area contributed by atoms with Crippen LogP contribution in [0.3, 0.4) is 0 Å². The average molecular weight is 384 g/mol. The summed E-state index contributed by atoms with van der Waals surface area (Å²) < 4.78 is 49.5. The Balaban J connectivity index is 2.46. The first-order valence-electron chi connectivity index (χ1n) is 8.70. The van der Waals surface area contributed by atoms with Crippen molar-refractivity contribution in [2.45, 2.75) is 46.3 Å². The smallest absolute Gasteiger partial charge is 0.389 e. The maximum Gasteiger partial charge on any atom is 0.389 e. The van der Waals surface area contributed by atoms with E-state index in [4.69, 9.17) is 9.47 Å². The zero-order chi connectivity index (χ0) is 20.2. The number of nitrogens with zero attached hydrogens (tertiary/aromatic N) is 2. The highest BCUT2D eigenvalue weighted by molar-refractivity contribution is 5.91. The van der Waals surface area contributed by atoms with E-state index in [1.807, 2.05) is 6.92 Å². The van der Waals surface area contributed by atoms with Gasteiger partial charge in [-0.2, -0.15) is 18.3 Å². The van der Waals surface area contributed by atoms with E-state index in [0.717, 1.165) is 0 Å². The van der Waals surface area contributed by atoms with Crippen LogP contribution >= 0.6 is 0 Å². The number of carbonyl (C=O) groups excluding carboxylic acids is 1. The quantitative estimate of drug-likeness (QED) is 0.657. The molecule has 0 spiro atoms. The number of methoxy groups -OCH3 is 1. The Bertz CT molecular complexity index is 813. The van der Waals surface area contributed by atoms with Gasteiger partial charge in [0.25, 0.3) is 0 Å². The predicted molar refractivity (Wildman–Crippen MR) is 95.0 cm³/mol. The van der Waals surface area contributed by atoms with Gasteiger partial charge < -0.3 is 9.47 Å². The molecule has 0 radical (unpaired) electrons. The van der Waals surface area contributed by atoms with Crippen LogP contribution < -0.4 is 4.74 Å². The van der Waals surface area contributed by atoms with Crippen molar-refractivity contribution >= 4 is 5.97 Å². The largest absolute Gasteiger partial charge is 0.496 e. The molecule has 2 rings (SSSR count). The minimum absolute atomic E-state index is 0.125. The summed E-state index contributed by atoms with van der Waals surface area (Å²) >= 11 is 0. The molecule has 0 aliphatic rings. The molecule has 27 heavy (non-hydrogen) atoms. The molecule has 148 valence electrons. The van der Waals surface area contributed by atoms with Crippen molar-refractivity contribution in [3.05, 3.63) is 35.0 Å². The van der Waals surface area contributed by atoms with E-state index in [0.29, 0.717) is 34.7 Å². The number of carbonyl (C=O) groups is 1. The van der Waals surface area contributed by atoms with Gasteiger partial charge in [0, 0.05) is 24.1 Å². The van der Waals surface area contributed by atoms with Crippen molar-refractivity contribution in [1.82, 2.24) is 9.78 Å². The summed E-state index contributed by atoms with van der Waals surface area (Å²) in [6.07, 6.45) is -5.23. The molecule has 1 aromatic carbocycles. The third-order valence-corrected chi connectivity index (χ3v) is 4.18. The molecule has 0 aliphatic carbocycles. The highest BCUT2D eigenvalue weighted by Gasteiger charge is 2.27. The standard InChI is InChI=1S/C19H23F3N2O3/c1-5-24-17(12(3)16(23-24)18(25)27-6-2)14-8-7-13(11-15(14)26-4)9-10-19(20,21)22/h7-8,11H,5-6,9-10H2,1-4H3. The third-order valence-electron chi connectivity index (χ3n) is 4.18. The first-order valence-corrected chi connectivity index (χ1v) is 8.70. The van der Waals surface area contributed by atoms with Crippen molar-refractivity contribution in [3.63, 3.8) is 0 Å². The number of benzene rings is 1. The summed E-state index contributed by atoms with van der Waals surface area (Å²) in [4.78, 5) is 12.1. The van der Waals surface area contributed by atoms with E-state index in [2.05, 4.69) is 5.10 Å². The molecule has 0 saturated heterocycles. The van der Waals surface area contributed by atoms with Gasteiger partial charge in [-0.05, 0) is 44.9 Å². The molecule has 2 aromatic rings. The van der Waals surface area contributed by atoms with Gasteiger partial charge in [-0.25, -0.2) is 4.79 Å². The average Bonchev–Trinajstić information content (AvgIpc) is 2.95. The number of hydrogen-bond acceptors (Lipinski definition) is 4. The predicted octanol–water partition coefficient (Wildman–Crippen LogP) is 4.56. The number of aromatic nitrogens is 2. The Morgan fingerprint density at radius 2 is 1.96 bits per heavy atom. The fourth-order valence-corrected chi connectivity index (χ4v) is 2.89. The van der Waals surface area contributed by atoms with E-state index < -0.39 is 18.6 Å². The maximum absolute atomic E-state index is 12.5. The van der Waals surface area contributed by atoms with Gasteiger partial charge in [-0.3, -0.25) is 4.68 Å². The number of halogens is 3. The molecule has 5 nitrogen and oxygen atoms in total. The van der Waals surface area contributed by atoms with Crippen LogP contribution in [0.5, 0.6) is 5.75 Å². The molecule has 0 fully saturated rings. The third kappa shape index (κ3) is 4.81. The first-order chi connectivity index (χ1) is 12.7. The number of alkyl halides is 3. The number of esters is 1. The minimum atomic E-state index is -4.21. The van der Waals surface area contributed by atoms with Crippen LogP contribution in [0.4, 0.5) is 13.2 Å². The number of aryl methyl sites for hydroxylation is 2. The molecule has 0 amide bonds. The lowest BCUT2D eigenvalue weighted by molar-refractivity contribution is -0.134. The van der Waals surface area contributed by atoms with Gasteiger partial charge in [-0.15, -0.1) is 0 Å². The van der Waals surface area contributed by atoms with Crippen LogP contribution in [0.15, 0.2) is 18.2 Å². The second-order valence-electron chi connectivity index (χ2n) is 6.01. The summed E-state index contributed by atoms with van der Waals surface area (Å²) in [5.41, 5.74) is 2.72. The van der Waals surface area contributed by atoms with Crippen LogP contribution in [0.25, 0.3) is 11.3 Å². The molecule has 8 heteroatoms. The molecule has 0 bridgehead atoms. The Kier molecular flexibility index (Phi) is 6.51. The van der Waals surface area contributed by atoms with Crippen molar-refractivity contribution in [1.29, 1.82) is 0 Å². The molecule has 0 atom stereocenters. The van der Waals surface area contributed by atoms with Crippen molar-refractivity contribution in [2.75, 3.05) is 13.7 Å². The van der Waals surface area contributed by atoms with E-state index in [1.54, 1.807) is 36.7 Å². The second-order valence-corrected chi connectivity index (χ2v) is 6.01. The van der Waals surface area contributed by atoms with Crippen molar-refractivity contribution in [2.24, 2.45) is 0 Å². The van der Waals surface area contributed by atoms with E-state index in [-0.39, 0.29) is 18.7 Å². The molecule has 1 heterocycles. The summed E-state index contributed by atoms with van der Waals surface area (Å²) in [6.45, 7) is 6.11. The van der Waals surface area contributed by atoms with E-state index in [1.165, 1.54) is 7.11 Å². The van der Waals surface area contributed by atoms with Gasteiger partial charge in [0.1, 0.15) is 5.75 Å². The Morgan fingerprint density at radius 1 is 1.26 bits per heavy atom. The Morgan fingerprint density at radius 3 is 2.52 bits per heavy atom. The lowest BCUT2D eigenvalue weighted by atomic mass is 10.0. The molecule has 0 unspecified atom stereocenters. The lowest BCUT2D eigenvalue weighted by Gasteiger charge is -2.13. The molecular formula is C19H23F3N2O3. The van der Waals surface area contributed by atoms with Crippen molar-refractivity contribution in [3.8, 4) is 17.0 Å². The fourth-order valence-electron chi connectivity index (χ4n) is 2.89. The van der Waals surface area contributed by atoms with Crippen LogP contribution in [0.2, 0.25) is 0 Å². The lowest BCUT2D eigenvalue weighted by Crippen LogP contribution is -2.08. The van der Waals surface area contributed by atoms with Gasteiger partial charge in [-0.1, -0.05) is 6.07 Å². The van der Waals surface area contributed by atoms with E-state index >= 15 is 0 Å². The molecular weight excluding hydrogens is 361 g/mol. The molecule has 0 saturated carbocycles. The summed E-state index contributed by atoms with van der Waals surface area (Å²) in [7, 11) is 1.46. The SMILES string of the molecule is CCOC(=O)c1nn(CC)c(-c2ccc(CCC(F)(F)F)cc2OC)c1C. The van der Waals surface area contributed by atoms with Crippen molar-refractivity contribution < 1.29 is 27.4 Å². The molecule has 0 aliphatic heterocycles. The normalized spacial score (nSPS) is 11.5. The van der Waals surface area contributed by atoms with Crippen LogP contribution in [-0.2, 0) is 17.7 Å². The monoisotopic (exact) mass is 384 g/mol. The van der Waals surface area contributed by atoms with Gasteiger partial charge in [0.2, 0.25) is 0 Å². The maximum atomic E-state index is 12.5. The zero-order valence-electron chi connectivity index (χ0n) is 15.8. The van der Waals surface area contributed by atoms with Crippen LogP contribution in [0, 0.1) is 6.92 Å². The van der Waals surface area contributed by atoms with E-state index in [9.17, 15) is 18.0 Å². The summed E-state index contributed by atoms with van der Waals surface area (Å²) in [5, 5.41) is 4.33. The first kappa shape index (κ1) is 20.8. The summed E-state index contributed by atoms with van der Waals surface area (Å²) in [5.74, 6) is -0.0769. The molecule has 0 N–H and O–H groups in total. The topological polar surface area (TPSA) is 53.3 Å². The highest BCUT2D eigenvalue weighted by atomic mass is 19.4. The molecule has 1 aromatic heterocycles.